The number of aromatic amines is 1. The molecule has 0 bridgehead atoms. The third-order valence-electron chi connectivity index (χ3n) is 3.96. The number of furan rings is 1. The fourth-order valence-electron chi connectivity index (χ4n) is 2.76. The number of hydrogen-bond donors (Lipinski definition) is 2. The Morgan fingerprint density at radius 2 is 2.00 bits per heavy atom. The van der Waals surface area contributed by atoms with Gasteiger partial charge in [0, 0.05) is 17.0 Å². The number of nitrogens with zero attached hydrogens (tertiary/aromatic N) is 2. The first-order valence-electron chi connectivity index (χ1n) is 7.69. The summed E-state index contributed by atoms with van der Waals surface area (Å²) in [4.78, 5) is 14.5. The number of rotatable bonds is 4. The van der Waals surface area contributed by atoms with Gasteiger partial charge in [0.1, 0.15) is 29.5 Å². The Morgan fingerprint density at radius 1 is 1.16 bits per heavy atom. The van der Waals surface area contributed by atoms with E-state index in [-0.39, 0.29) is 24.5 Å². The van der Waals surface area contributed by atoms with Crippen molar-refractivity contribution in [2.75, 3.05) is 0 Å². The van der Waals surface area contributed by atoms with Crippen molar-refractivity contribution in [1.82, 2.24) is 14.8 Å². The van der Waals surface area contributed by atoms with Gasteiger partial charge in [-0.15, -0.1) is 0 Å². The third kappa shape index (κ3) is 2.74. The largest absolute Gasteiger partial charge is 0.457 e. The second kappa shape index (κ2) is 6.03. The second-order valence-electron chi connectivity index (χ2n) is 5.61. The van der Waals surface area contributed by atoms with Gasteiger partial charge in [-0.1, -0.05) is 18.2 Å². The number of aliphatic hydroxyl groups is 1. The molecule has 126 valence electrons. The van der Waals surface area contributed by atoms with E-state index in [0.717, 1.165) is 0 Å². The first-order chi connectivity index (χ1) is 12.2. The first kappa shape index (κ1) is 15.3. The van der Waals surface area contributed by atoms with Gasteiger partial charge >= 0.3 is 0 Å². The van der Waals surface area contributed by atoms with Crippen molar-refractivity contribution >= 4 is 11.0 Å². The second-order valence-corrected chi connectivity index (χ2v) is 5.61. The lowest BCUT2D eigenvalue weighted by Gasteiger charge is -2.04. The summed E-state index contributed by atoms with van der Waals surface area (Å²) in [6.45, 7) is -0.0542. The smallest absolute Gasteiger partial charge is 0.249 e. The normalized spacial score (nSPS) is 11.3. The molecule has 1 aromatic carbocycles. The maximum atomic E-state index is 14.0. The van der Waals surface area contributed by atoms with E-state index >= 15 is 0 Å². The van der Waals surface area contributed by atoms with Gasteiger partial charge in [0.25, 0.3) is 0 Å². The highest BCUT2D eigenvalue weighted by atomic mass is 19.1. The molecule has 0 spiro atoms. The molecular formula is C18H14FN3O3. The topological polar surface area (TPSA) is 84.0 Å². The minimum atomic E-state index is -0.341. The Morgan fingerprint density at radius 3 is 2.76 bits per heavy atom. The summed E-state index contributed by atoms with van der Waals surface area (Å²) in [5.41, 5.74) is 1.18. The van der Waals surface area contributed by atoms with Gasteiger partial charge in [0.15, 0.2) is 5.76 Å². The van der Waals surface area contributed by atoms with Crippen molar-refractivity contribution in [2.45, 2.75) is 13.2 Å². The average molecular weight is 339 g/mol. The Labute approximate surface area is 141 Å². The van der Waals surface area contributed by atoms with Crippen LogP contribution in [0.4, 0.5) is 4.39 Å². The molecule has 3 heterocycles. The number of benzene rings is 1. The summed E-state index contributed by atoms with van der Waals surface area (Å²) < 4.78 is 21.1. The molecule has 4 rings (SSSR count). The van der Waals surface area contributed by atoms with Gasteiger partial charge in [-0.25, -0.2) is 9.07 Å². The van der Waals surface area contributed by atoms with Crippen molar-refractivity contribution in [3.8, 4) is 11.5 Å². The maximum Gasteiger partial charge on any atom is 0.249 e. The quantitative estimate of drug-likeness (QED) is 0.599. The molecule has 3 aromatic heterocycles. The zero-order chi connectivity index (χ0) is 17.4. The molecule has 2 N–H and O–H groups in total. The van der Waals surface area contributed by atoms with Crippen LogP contribution >= 0.6 is 0 Å². The molecule has 0 saturated carbocycles. The van der Waals surface area contributed by atoms with E-state index in [9.17, 15) is 9.18 Å². The van der Waals surface area contributed by atoms with Crippen molar-refractivity contribution < 1.29 is 13.9 Å². The average Bonchev–Trinajstić information content (AvgIpc) is 3.21. The molecule has 0 fully saturated rings. The summed E-state index contributed by atoms with van der Waals surface area (Å²) >= 11 is 0. The lowest BCUT2D eigenvalue weighted by atomic mass is 10.2. The van der Waals surface area contributed by atoms with Crippen LogP contribution < -0.4 is 5.56 Å². The number of nitrogens with one attached hydrogen (secondary N) is 1. The third-order valence-corrected chi connectivity index (χ3v) is 3.96. The summed E-state index contributed by atoms with van der Waals surface area (Å²) in [6, 6.07) is 12.8. The predicted molar refractivity (Wildman–Crippen MR) is 89.5 cm³/mol. The van der Waals surface area contributed by atoms with Crippen LogP contribution in [0.1, 0.15) is 11.3 Å². The van der Waals surface area contributed by atoms with E-state index < -0.39 is 0 Å². The maximum absolute atomic E-state index is 14.0. The first-order valence-corrected chi connectivity index (χ1v) is 7.69. The number of halogens is 1. The number of pyridine rings is 1. The lowest BCUT2D eigenvalue weighted by molar-refractivity contribution is 0.248. The van der Waals surface area contributed by atoms with Crippen LogP contribution in [0.25, 0.3) is 22.5 Å². The van der Waals surface area contributed by atoms with Gasteiger partial charge in [-0.05, 0) is 24.3 Å². The highest BCUT2D eigenvalue weighted by Crippen LogP contribution is 2.28. The molecule has 0 unspecified atom stereocenters. The van der Waals surface area contributed by atoms with Crippen molar-refractivity contribution in [2.24, 2.45) is 0 Å². The SMILES string of the molecule is O=c1ccc2c(-c3ccc(CO)o3)nn(Cc3ccccc3F)c2[nH]1. The monoisotopic (exact) mass is 339 g/mol. The zero-order valence-corrected chi connectivity index (χ0v) is 13.1. The highest BCUT2D eigenvalue weighted by Gasteiger charge is 2.17. The Balaban J connectivity index is 1.88. The van der Waals surface area contributed by atoms with Crippen molar-refractivity contribution in [3.63, 3.8) is 0 Å². The molecule has 25 heavy (non-hydrogen) atoms. The fourth-order valence-corrected chi connectivity index (χ4v) is 2.76. The van der Waals surface area contributed by atoms with Crippen LogP contribution in [-0.2, 0) is 13.2 Å². The highest BCUT2D eigenvalue weighted by molar-refractivity contribution is 5.89. The molecule has 0 radical (unpaired) electrons. The molecule has 0 aliphatic heterocycles. The number of aromatic nitrogens is 3. The van der Waals surface area contributed by atoms with E-state index in [1.165, 1.54) is 16.8 Å². The summed E-state index contributed by atoms with van der Waals surface area (Å²) in [6.07, 6.45) is 0. The molecule has 0 aliphatic rings. The van der Waals surface area contributed by atoms with Gasteiger partial charge in [0.05, 0.1) is 6.54 Å². The number of hydrogen-bond acceptors (Lipinski definition) is 4. The molecule has 0 amide bonds. The summed E-state index contributed by atoms with van der Waals surface area (Å²) in [5.74, 6) is 0.538. The molecule has 0 saturated heterocycles. The van der Waals surface area contributed by atoms with Crippen molar-refractivity contribution in [3.05, 3.63) is 76.0 Å². The van der Waals surface area contributed by atoms with Crippen LogP contribution in [0.3, 0.4) is 0 Å². The number of H-pyrrole nitrogens is 1. The van der Waals surface area contributed by atoms with Gasteiger partial charge in [0.2, 0.25) is 5.56 Å². The molecular weight excluding hydrogens is 325 g/mol. The zero-order valence-electron chi connectivity index (χ0n) is 13.1. The van der Waals surface area contributed by atoms with Gasteiger partial charge in [-0.2, -0.15) is 5.10 Å². The van der Waals surface area contributed by atoms with Crippen LogP contribution in [0.15, 0.2) is 57.7 Å². The van der Waals surface area contributed by atoms with E-state index in [2.05, 4.69) is 10.1 Å². The Bertz CT molecular complexity index is 1110. The van der Waals surface area contributed by atoms with Gasteiger partial charge in [-0.3, -0.25) is 4.79 Å². The van der Waals surface area contributed by atoms with Crippen LogP contribution in [0.2, 0.25) is 0 Å². The molecule has 6 nitrogen and oxygen atoms in total. The van der Waals surface area contributed by atoms with Crippen LogP contribution in [-0.4, -0.2) is 19.9 Å². The van der Waals surface area contributed by atoms with E-state index in [4.69, 9.17) is 9.52 Å². The number of fused-ring (bicyclic) bond motifs is 1. The van der Waals surface area contributed by atoms with E-state index in [1.807, 2.05) is 0 Å². The molecule has 0 atom stereocenters. The van der Waals surface area contributed by atoms with Crippen LogP contribution in [0, 0.1) is 5.82 Å². The van der Waals surface area contributed by atoms with Crippen molar-refractivity contribution in [1.29, 1.82) is 0 Å². The van der Waals surface area contributed by atoms with Crippen LogP contribution in [0.5, 0.6) is 0 Å². The number of aliphatic hydroxyl groups excluding tert-OH is 1. The molecule has 0 aliphatic carbocycles. The molecule has 4 aromatic rings. The summed E-state index contributed by atoms with van der Waals surface area (Å²) in [7, 11) is 0. The minimum Gasteiger partial charge on any atom is -0.457 e. The lowest BCUT2D eigenvalue weighted by Crippen LogP contribution is -2.09. The predicted octanol–water partition coefficient (Wildman–Crippen LogP) is 2.66. The fraction of sp³-hybridized carbons (Fsp3) is 0.111. The summed E-state index contributed by atoms with van der Waals surface area (Å²) in [5, 5.41) is 14.3. The van der Waals surface area contributed by atoms with E-state index in [0.29, 0.717) is 33.8 Å². The minimum absolute atomic E-state index is 0.163. The standard InChI is InChI=1S/C18H14FN3O3/c19-14-4-2-1-3-11(14)9-22-18-13(6-8-16(24)20-18)17(21-22)15-7-5-12(10-23)25-15/h1-8,23H,9-10H2,(H,20,24). The Hall–Kier alpha value is -3.19. The van der Waals surface area contributed by atoms with E-state index in [1.54, 1.807) is 36.4 Å². The molecule has 7 heteroatoms. The Kier molecular flexibility index (Phi) is 3.70. The van der Waals surface area contributed by atoms with Gasteiger partial charge < -0.3 is 14.5 Å².